The Labute approximate surface area is 83.3 Å². The van der Waals surface area contributed by atoms with Crippen LogP contribution in [0.2, 0.25) is 0 Å². The van der Waals surface area contributed by atoms with Gasteiger partial charge in [0.2, 0.25) is 0 Å². The predicted molar refractivity (Wildman–Crippen MR) is 53.4 cm³/mol. The molecule has 0 spiro atoms. The Balaban J connectivity index is 3.27. The first-order valence-electron chi connectivity index (χ1n) is 4.37. The Bertz CT molecular complexity index is 342. The van der Waals surface area contributed by atoms with E-state index in [4.69, 9.17) is 9.84 Å². The van der Waals surface area contributed by atoms with Gasteiger partial charge in [-0.15, -0.1) is 0 Å². The third-order valence-electron chi connectivity index (χ3n) is 2.32. The van der Waals surface area contributed by atoms with Crippen LogP contribution < -0.4 is 0 Å². The Morgan fingerprint density at radius 1 is 1.36 bits per heavy atom. The third-order valence-corrected chi connectivity index (χ3v) is 2.32. The Morgan fingerprint density at radius 2 is 1.93 bits per heavy atom. The zero-order chi connectivity index (χ0) is 10.8. The lowest BCUT2D eigenvalue weighted by Gasteiger charge is -2.24. The first kappa shape index (κ1) is 10.7. The number of ether oxygens (including phenoxy) is 1. The molecule has 0 bridgehead atoms. The minimum absolute atomic E-state index is 0.291. The SMILES string of the molecule is COC(C)(C)c1ccccc1C(=O)O. The lowest BCUT2D eigenvalue weighted by Crippen LogP contribution is -2.22. The largest absolute Gasteiger partial charge is 0.478 e. The Morgan fingerprint density at radius 3 is 2.43 bits per heavy atom. The van der Waals surface area contributed by atoms with Gasteiger partial charge < -0.3 is 9.84 Å². The van der Waals surface area contributed by atoms with Gasteiger partial charge in [-0.25, -0.2) is 4.79 Å². The summed E-state index contributed by atoms with van der Waals surface area (Å²) in [6.07, 6.45) is 0. The van der Waals surface area contributed by atoms with E-state index in [0.29, 0.717) is 11.1 Å². The van der Waals surface area contributed by atoms with Gasteiger partial charge in [0.15, 0.2) is 0 Å². The highest BCUT2D eigenvalue weighted by Crippen LogP contribution is 2.26. The van der Waals surface area contributed by atoms with Crippen molar-refractivity contribution < 1.29 is 14.6 Å². The van der Waals surface area contributed by atoms with E-state index in [0.717, 1.165) is 0 Å². The second-order valence-corrected chi connectivity index (χ2v) is 3.57. The summed E-state index contributed by atoms with van der Waals surface area (Å²) in [6.45, 7) is 3.68. The molecule has 0 aromatic heterocycles. The number of hydrogen-bond donors (Lipinski definition) is 1. The molecule has 0 heterocycles. The number of carbonyl (C=O) groups is 1. The monoisotopic (exact) mass is 194 g/mol. The van der Waals surface area contributed by atoms with Crippen molar-refractivity contribution in [1.29, 1.82) is 0 Å². The average Bonchev–Trinajstić information content (AvgIpc) is 2.18. The predicted octanol–water partition coefficient (Wildman–Crippen LogP) is 2.27. The van der Waals surface area contributed by atoms with Crippen molar-refractivity contribution in [2.24, 2.45) is 0 Å². The highest BCUT2D eigenvalue weighted by Gasteiger charge is 2.24. The number of carboxylic acids is 1. The van der Waals surface area contributed by atoms with Crippen molar-refractivity contribution in [3.8, 4) is 0 Å². The number of methoxy groups -OCH3 is 1. The molecule has 0 atom stereocenters. The quantitative estimate of drug-likeness (QED) is 0.802. The van der Waals surface area contributed by atoms with Gasteiger partial charge in [0.25, 0.3) is 0 Å². The van der Waals surface area contributed by atoms with E-state index >= 15 is 0 Å². The zero-order valence-electron chi connectivity index (χ0n) is 8.57. The van der Waals surface area contributed by atoms with E-state index < -0.39 is 11.6 Å². The van der Waals surface area contributed by atoms with Crippen LogP contribution in [0.25, 0.3) is 0 Å². The van der Waals surface area contributed by atoms with Crippen LogP contribution in [0.3, 0.4) is 0 Å². The van der Waals surface area contributed by atoms with Gasteiger partial charge in [0.05, 0.1) is 11.2 Å². The normalized spacial score (nSPS) is 11.4. The molecule has 0 aliphatic carbocycles. The molecule has 0 radical (unpaired) electrons. The lowest BCUT2D eigenvalue weighted by atomic mass is 9.93. The molecule has 1 N–H and O–H groups in total. The fraction of sp³-hybridized carbons (Fsp3) is 0.364. The van der Waals surface area contributed by atoms with Crippen molar-refractivity contribution in [1.82, 2.24) is 0 Å². The molecular formula is C11H14O3. The van der Waals surface area contributed by atoms with Gasteiger partial charge in [0.1, 0.15) is 0 Å². The Kier molecular flexibility index (Phi) is 2.91. The summed E-state index contributed by atoms with van der Waals surface area (Å²) in [5, 5.41) is 8.97. The maximum atomic E-state index is 10.9. The van der Waals surface area contributed by atoms with Crippen LogP contribution in [0.5, 0.6) is 0 Å². The van der Waals surface area contributed by atoms with Crippen LogP contribution in [0.15, 0.2) is 24.3 Å². The van der Waals surface area contributed by atoms with Crippen molar-refractivity contribution in [3.63, 3.8) is 0 Å². The van der Waals surface area contributed by atoms with Crippen LogP contribution in [0.4, 0.5) is 0 Å². The van der Waals surface area contributed by atoms with Crippen molar-refractivity contribution >= 4 is 5.97 Å². The minimum Gasteiger partial charge on any atom is -0.478 e. The topological polar surface area (TPSA) is 46.5 Å². The molecule has 3 heteroatoms. The maximum Gasteiger partial charge on any atom is 0.336 e. The smallest absolute Gasteiger partial charge is 0.336 e. The van der Waals surface area contributed by atoms with Crippen molar-refractivity contribution in [3.05, 3.63) is 35.4 Å². The number of benzene rings is 1. The molecule has 0 aliphatic rings. The van der Waals surface area contributed by atoms with Gasteiger partial charge in [0, 0.05) is 7.11 Å². The van der Waals surface area contributed by atoms with E-state index in [-0.39, 0.29) is 0 Å². The van der Waals surface area contributed by atoms with Crippen LogP contribution in [-0.4, -0.2) is 18.2 Å². The molecule has 0 saturated carbocycles. The highest BCUT2D eigenvalue weighted by molar-refractivity contribution is 5.89. The summed E-state index contributed by atoms with van der Waals surface area (Å²) < 4.78 is 5.25. The minimum atomic E-state index is -0.925. The zero-order valence-corrected chi connectivity index (χ0v) is 8.57. The third kappa shape index (κ3) is 1.93. The molecule has 0 unspecified atom stereocenters. The van der Waals surface area contributed by atoms with Crippen molar-refractivity contribution in [2.45, 2.75) is 19.4 Å². The van der Waals surface area contributed by atoms with Gasteiger partial charge in [-0.1, -0.05) is 18.2 Å². The summed E-state index contributed by atoms with van der Waals surface area (Å²) in [6, 6.07) is 6.87. The van der Waals surface area contributed by atoms with Gasteiger partial charge >= 0.3 is 5.97 Å². The summed E-state index contributed by atoms with van der Waals surface area (Å²) in [7, 11) is 1.57. The molecule has 76 valence electrons. The van der Waals surface area contributed by atoms with Crippen LogP contribution in [0, 0.1) is 0 Å². The second-order valence-electron chi connectivity index (χ2n) is 3.57. The summed E-state index contributed by atoms with van der Waals surface area (Å²) >= 11 is 0. The summed E-state index contributed by atoms with van der Waals surface area (Å²) in [4.78, 5) is 10.9. The Hall–Kier alpha value is -1.35. The molecular weight excluding hydrogens is 180 g/mol. The molecule has 3 nitrogen and oxygen atoms in total. The molecule has 1 rings (SSSR count). The highest BCUT2D eigenvalue weighted by atomic mass is 16.5. The first-order valence-corrected chi connectivity index (χ1v) is 4.37. The fourth-order valence-corrected chi connectivity index (χ4v) is 1.30. The van der Waals surface area contributed by atoms with E-state index in [2.05, 4.69) is 0 Å². The van der Waals surface area contributed by atoms with Crippen molar-refractivity contribution in [2.75, 3.05) is 7.11 Å². The van der Waals surface area contributed by atoms with E-state index in [1.807, 2.05) is 19.9 Å². The van der Waals surface area contributed by atoms with Gasteiger partial charge in [-0.2, -0.15) is 0 Å². The summed E-state index contributed by atoms with van der Waals surface area (Å²) in [5.74, 6) is -0.925. The number of rotatable bonds is 3. The van der Waals surface area contributed by atoms with E-state index in [1.54, 1.807) is 25.3 Å². The van der Waals surface area contributed by atoms with Crippen LogP contribution in [0.1, 0.15) is 29.8 Å². The molecule has 0 saturated heterocycles. The number of carboxylic acid groups (broad SMARTS) is 1. The fourth-order valence-electron chi connectivity index (χ4n) is 1.30. The van der Waals surface area contributed by atoms with Gasteiger partial charge in [-0.05, 0) is 25.5 Å². The maximum absolute atomic E-state index is 10.9. The molecule has 1 aromatic rings. The van der Waals surface area contributed by atoms with Gasteiger partial charge in [-0.3, -0.25) is 0 Å². The number of aromatic carboxylic acids is 1. The second kappa shape index (κ2) is 3.80. The summed E-state index contributed by atoms with van der Waals surface area (Å²) in [5.41, 5.74) is 0.406. The standard InChI is InChI=1S/C11H14O3/c1-11(2,14-3)9-7-5-4-6-8(9)10(12)13/h4-7H,1-3H3,(H,12,13). The number of hydrogen-bond acceptors (Lipinski definition) is 2. The van der Waals surface area contributed by atoms with Crippen LogP contribution in [-0.2, 0) is 10.3 Å². The molecule has 0 fully saturated rings. The lowest BCUT2D eigenvalue weighted by molar-refractivity contribution is 0.0176. The first-order chi connectivity index (χ1) is 6.49. The molecule has 0 amide bonds. The molecule has 14 heavy (non-hydrogen) atoms. The van der Waals surface area contributed by atoms with E-state index in [1.165, 1.54) is 0 Å². The van der Waals surface area contributed by atoms with E-state index in [9.17, 15) is 4.79 Å². The van der Waals surface area contributed by atoms with Crippen LogP contribution >= 0.6 is 0 Å². The average molecular weight is 194 g/mol. The molecule has 0 aliphatic heterocycles. The molecule has 1 aromatic carbocycles.